The van der Waals surface area contributed by atoms with Crippen LogP contribution < -0.4 is 19.7 Å². The number of thiocarbonyl (C=S) groups is 1. The Hall–Kier alpha value is -3.62. The van der Waals surface area contributed by atoms with Crippen molar-refractivity contribution in [3.8, 4) is 11.5 Å². The van der Waals surface area contributed by atoms with Gasteiger partial charge in [0.25, 0.3) is 11.8 Å². The molecule has 4 rings (SSSR count). The summed E-state index contributed by atoms with van der Waals surface area (Å²) in [5, 5.41) is 2.88. The van der Waals surface area contributed by atoms with E-state index in [1.165, 1.54) is 18.9 Å². The monoisotopic (exact) mass is 518 g/mol. The molecular formula is C28H26N2O4S2. The average Bonchev–Trinajstić information content (AvgIpc) is 3.13. The van der Waals surface area contributed by atoms with Crippen molar-refractivity contribution in [2.45, 2.75) is 20.8 Å². The predicted molar refractivity (Wildman–Crippen MR) is 150 cm³/mol. The third-order valence-electron chi connectivity index (χ3n) is 5.66. The Morgan fingerprint density at radius 1 is 1.03 bits per heavy atom. The van der Waals surface area contributed by atoms with Crippen LogP contribution in [-0.4, -0.2) is 29.9 Å². The lowest BCUT2D eigenvalue weighted by Gasteiger charge is -2.16. The van der Waals surface area contributed by atoms with E-state index >= 15 is 0 Å². The zero-order chi connectivity index (χ0) is 25.8. The number of methoxy groups -OCH3 is 1. The summed E-state index contributed by atoms with van der Waals surface area (Å²) in [6, 6.07) is 18.8. The summed E-state index contributed by atoms with van der Waals surface area (Å²) in [4.78, 5) is 27.6. The summed E-state index contributed by atoms with van der Waals surface area (Å²) in [7, 11) is 1.53. The molecule has 0 unspecified atom stereocenters. The summed E-state index contributed by atoms with van der Waals surface area (Å²) in [5.41, 5.74) is 5.30. The van der Waals surface area contributed by atoms with Crippen LogP contribution in [0.3, 0.4) is 0 Å². The molecule has 0 aromatic heterocycles. The highest BCUT2D eigenvalue weighted by Crippen LogP contribution is 2.38. The van der Waals surface area contributed by atoms with Crippen molar-refractivity contribution < 1.29 is 19.1 Å². The number of amides is 2. The first-order chi connectivity index (χ1) is 17.3. The molecular weight excluding hydrogens is 492 g/mol. The maximum absolute atomic E-state index is 13.1. The second-order valence-electron chi connectivity index (χ2n) is 8.37. The third kappa shape index (κ3) is 5.61. The molecule has 0 saturated carbocycles. The molecule has 8 heteroatoms. The summed E-state index contributed by atoms with van der Waals surface area (Å²) < 4.78 is 11.7. The smallest absolute Gasteiger partial charge is 0.270 e. The first-order valence-electron chi connectivity index (χ1n) is 11.3. The summed E-state index contributed by atoms with van der Waals surface area (Å²) in [6.07, 6.45) is 1.77. The molecule has 3 aromatic rings. The highest BCUT2D eigenvalue weighted by Gasteiger charge is 2.34. The van der Waals surface area contributed by atoms with Gasteiger partial charge in [-0.3, -0.25) is 14.5 Å². The molecule has 1 aliphatic heterocycles. The van der Waals surface area contributed by atoms with E-state index < -0.39 is 0 Å². The van der Waals surface area contributed by atoms with E-state index in [1.807, 2.05) is 63.2 Å². The molecule has 0 aliphatic carbocycles. The van der Waals surface area contributed by atoms with Gasteiger partial charge in [0.2, 0.25) is 0 Å². The van der Waals surface area contributed by atoms with Crippen LogP contribution in [0.15, 0.2) is 65.6 Å². The maximum Gasteiger partial charge on any atom is 0.270 e. The molecule has 6 nitrogen and oxygen atoms in total. The third-order valence-corrected chi connectivity index (χ3v) is 6.96. The number of anilines is 2. The van der Waals surface area contributed by atoms with Gasteiger partial charge in [-0.25, -0.2) is 0 Å². The predicted octanol–water partition coefficient (Wildman–Crippen LogP) is 6.04. The largest absolute Gasteiger partial charge is 0.493 e. The van der Waals surface area contributed by atoms with Gasteiger partial charge in [-0.15, -0.1) is 0 Å². The number of carbonyl (C=O) groups excluding carboxylic acids is 2. The first kappa shape index (κ1) is 25.5. The SMILES string of the molecule is COc1cc(/C=C2\SC(=S)N(c3ccccc3C)C2=O)ccc1OCC(=O)Nc1cc(C)ccc1C. The van der Waals surface area contributed by atoms with E-state index in [-0.39, 0.29) is 18.4 Å². The molecule has 36 heavy (non-hydrogen) atoms. The normalized spacial score (nSPS) is 14.3. The minimum absolute atomic E-state index is 0.165. The zero-order valence-corrected chi connectivity index (χ0v) is 22.1. The van der Waals surface area contributed by atoms with Crippen molar-refractivity contribution in [1.29, 1.82) is 0 Å². The van der Waals surface area contributed by atoms with E-state index in [2.05, 4.69) is 5.32 Å². The number of para-hydroxylation sites is 1. The van der Waals surface area contributed by atoms with Gasteiger partial charge in [-0.05, 0) is 73.4 Å². The van der Waals surface area contributed by atoms with Crippen molar-refractivity contribution >= 4 is 57.6 Å². The van der Waals surface area contributed by atoms with Gasteiger partial charge in [-0.2, -0.15) is 0 Å². The van der Waals surface area contributed by atoms with Gasteiger partial charge in [0.1, 0.15) is 0 Å². The lowest BCUT2D eigenvalue weighted by atomic mass is 10.1. The summed E-state index contributed by atoms with van der Waals surface area (Å²) >= 11 is 6.75. The fourth-order valence-electron chi connectivity index (χ4n) is 3.73. The van der Waals surface area contributed by atoms with Gasteiger partial charge < -0.3 is 14.8 Å². The van der Waals surface area contributed by atoms with Crippen LogP contribution >= 0.6 is 24.0 Å². The van der Waals surface area contributed by atoms with Crippen molar-refractivity contribution in [2.75, 3.05) is 23.9 Å². The highest BCUT2D eigenvalue weighted by atomic mass is 32.2. The molecule has 1 aliphatic rings. The number of hydrogen-bond donors (Lipinski definition) is 1. The fraction of sp³-hybridized carbons (Fsp3) is 0.179. The molecule has 0 radical (unpaired) electrons. The number of nitrogens with zero attached hydrogens (tertiary/aromatic N) is 1. The van der Waals surface area contributed by atoms with Crippen molar-refractivity contribution in [2.24, 2.45) is 0 Å². The fourth-order valence-corrected chi connectivity index (χ4v) is 5.02. The lowest BCUT2D eigenvalue weighted by molar-refractivity contribution is -0.118. The Kier molecular flexibility index (Phi) is 7.76. The van der Waals surface area contributed by atoms with Crippen LogP contribution in [-0.2, 0) is 9.59 Å². The molecule has 0 atom stereocenters. The Balaban J connectivity index is 1.46. The second-order valence-corrected chi connectivity index (χ2v) is 10.0. The van der Waals surface area contributed by atoms with Gasteiger partial charge in [0.05, 0.1) is 17.7 Å². The minimum Gasteiger partial charge on any atom is -0.493 e. The number of nitrogens with one attached hydrogen (secondary N) is 1. The molecule has 184 valence electrons. The topological polar surface area (TPSA) is 67.9 Å². The molecule has 3 aromatic carbocycles. The average molecular weight is 519 g/mol. The molecule has 2 amide bonds. The molecule has 0 bridgehead atoms. The molecule has 1 N–H and O–H groups in total. The van der Waals surface area contributed by atoms with Gasteiger partial charge in [0, 0.05) is 5.69 Å². The number of ether oxygens (including phenoxy) is 2. The van der Waals surface area contributed by atoms with Crippen LogP contribution in [0, 0.1) is 20.8 Å². The van der Waals surface area contributed by atoms with E-state index in [0.717, 1.165) is 33.6 Å². The summed E-state index contributed by atoms with van der Waals surface area (Å²) in [6.45, 7) is 5.69. The van der Waals surface area contributed by atoms with E-state index in [0.29, 0.717) is 20.7 Å². The van der Waals surface area contributed by atoms with Crippen molar-refractivity contribution in [3.63, 3.8) is 0 Å². The van der Waals surface area contributed by atoms with Crippen LogP contribution in [0.2, 0.25) is 0 Å². The summed E-state index contributed by atoms with van der Waals surface area (Å²) in [5.74, 6) is 0.451. The lowest BCUT2D eigenvalue weighted by Crippen LogP contribution is -2.28. The maximum atomic E-state index is 13.1. The Labute approximate surface area is 220 Å². The Morgan fingerprint density at radius 2 is 1.81 bits per heavy atom. The number of hydrogen-bond acceptors (Lipinski definition) is 6. The van der Waals surface area contributed by atoms with Crippen LogP contribution in [0.4, 0.5) is 11.4 Å². The standard InChI is InChI=1S/C28H26N2O4S2/c1-17-9-10-18(2)21(13-17)29-26(31)16-34-23-12-11-20(14-24(23)33-4)15-25-27(32)30(28(35)36-25)22-8-6-5-7-19(22)3/h5-15H,16H2,1-4H3,(H,29,31)/b25-15-. The number of carbonyl (C=O) groups is 2. The molecule has 1 heterocycles. The minimum atomic E-state index is -0.269. The number of rotatable bonds is 7. The van der Waals surface area contributed by atoms with Crippen LogP contribution in [0.5, 0.6) is 11.5 Å². The number of thioether (sulfide) groups is 1. The van der Waals surface area contributed by atoms with Crippen molar-refractivity contribution in [1.82, 2.24) is 0 Å². The molecule has 0 spiro atoms. The zero-order valence-electron chi connectivity index (χ0n) is 20.5. The van der Waals surface area contributed by atoms with Crippen LogP contribution in [0.25, 0.3) is 6.08 Å². The quantitative estimate of drug-likeness (QED) is 0.304. The van der Waals surface area contributed by atoms with E-state index in [1.54, 1.807) is 29.2 Å². The Morgan fingerprint density at radius 3 is 2.56 bits per heavy atom. The van der Waals surface area contributed by atoms with E-state index in [9.17, 15) is 9.59 Å². The van der Waals surface area contributed by atoms with Gasteiger partial charge in [-0.1, -0.05) is 60.4 Å². The second kappa shape index (κ2) is 11.0. The van der Waals surface area contributed by atoms with Gasteiger partial charge in [0.15, 0.2) is 22.4 Å². The van der Waals surface area contributed by atoms with E-state index in [4.69, 9.17) is 21.7 Å². The van der Waals surface area contributed by atoms with Crippen LogP contribution in [0.1, 0.15) is 22.3 Å². The molecule has 1 saturated heterocycles. The van der Waals surface area contributed by atoms with Crippen molar-refractivity contribution in [3.05, 3.63) is 87.8 Å². The first-order valence-corrected chi connectivity index (χ1v) is 12.5. The molecule has 1 fully saturated rings. The van der Waals surface area contributed by atoms with Gasteiger partial charge >= 0.3 is 0 Å². The highest BCUT2D eigenvalue weighted by molar-refractivity contribution is 8.27. The Bertz CT molecular complexity index is 1380. The number of benzene rings is 3. The number of aryl methyl sites for hydroxylation is 3.